The van der Waals surface area contributed by atoms with Crippen molar-refractivity contribution in [2.24, 2.45) is 0 Å². The second-order valence-corrected chi connectivity index (χ2v) is 9.35. The first kappa shape index (κ1) is 22.2. The van der Waals surface area contributed by atoms with E-state index in [0.29, 0.717) is 29.6 Å². The number of methoxy groups -OCH3 is 1. The fourth-order valence-electron chi connectivity index (χ4n) is 3.43. The number of fused-ring (bicyclic) bond motifs is 1. The van der Waals surface area contributed by atoms with Crippen LogP contribution < -0.4 is 10.1 Å². The lowest BCUT2D eigenvalue weighted by molar-refractivity contribution is -0.116. The number of hydrogen-bond donors (Lipinski definition) is 1. The number of carbonyl (C=O) groups is 1. The molecule has 7 nitrogen and oxygen atoms in total. The number of hydrogen-bond acceptors (Lipinski definition) is 7. The summed E-state index contributed by atoms with van der Waals surface area (Å²) in [6.45, 7) is 0. The lowest BCUT2D eigenvalue weighted by Gasteiger charge is -2.06. The molecular weight excluding hydrogens is 516 g/mol. The normalized spacial score (nSPS) is 11.0. The summed E-state index contributed by atoms with van der Waals surface area (Å²) in [5, 5.41) is 12.0. The summed E-state index contributed by atoms with van der Waals surface area (Å²) in [6.07, 6.45) is 0.546. The highest BCUT2D eigenvalue weighted by Crippen LogP contribution is 2.32. The quantitative estimate of drug-likeness (QED) is 0.261. The Bertz CT molecular complexity index is 1450. The van der Waals surface area contributed by atoms with Gasteiger partial charge in [-0.25, -0.2) is 4.98 Å². The summed E-state index contributed by atoms with van der Waals surface area (Å²) in [5.74, 6) is 1.31. The van der Waals surface area contributed by atoms with Gasteiger partial charge in [0.2, 0.25) is 17.7 Å². The molecule has 0 aliphatic heterocycles. The van der Waals surface area contributed by atoms with Crippen LogP contribution in [0.3, 0.4) is 0 Å². The molecule has 0 aliphatic rings. The van der Waals surface area contributed by atoms with Gasteiger partial charge in [-0.3, -0.25) is 4.79 Å². The summed E-state index contributed by atoms with van der Waals surface area (Å²) in [7, 11) is 1.60. The Morgan fingerprint density at radius 3 is 2.82 bits per heavy atom. The van der Waals surface area contributed by atoms with Crippen molar-refractivity contribution in [1.82, 2.24) is 15.2 Å². The third kappa shape index (κ3) is 4.85. The van der Waals surface area contributed by atoms with E-state index in [1.54, 1.807) is 18.4 Å². The van der Waals surface area contributed by atoms with E-state index < -0.39 is 0 Å². The molecule has 2 heterocycles. The van der Waals surface area contributed by atoms with E-state index in [-0.39, 0.29) is 12.3 Å². The number of nitrogens with zero attached hydrogens (tertiary/aromatic N) is 3. The summed E-state index contributed by atoms with van der Waals surface area (Å²) >= 11 is 5.11. The lowest BCUT2D eigenvalue weighted by Crippen LogP contribution is -2.12. The standard InChI is InChI=1S/C25H19BrN4O3S/c1-32-17-9-10-19(26)18(14-17)24-30-29-23(33-24)12-11-22(31)27-16-6-4-5-15(13-16)25-28-20-7-2-3-8-21(20)34-25/h2-10,13-14H,11-12H2,1H3,(H,27,31). The highest BCUT2D eigenvalue weighted by molar-refractivity contribution is 9.10. The molecule has 2 aromatic heterocycles. The lowest BCUT2D eigenvalue weighted by atomic mass is 10.2. The average molecular weight is 535 g/mol. The summed E-state index contributed by atoms with van der Waals surface area (Å²) in [5.41, 5.74) is 3.38. The Hall–Kier alpha value is -3.56. The van der Waals surface area contributed by atoms with Crippen LogP contribution in [0, 0.1) is 0 Å². The minimum Gasteiger partial charge on any atom is -0.497 e. The highest BCUT2D eigenvalue weighted by Gasteiger charge is 2.14. The van der Waals surface area contributed by atoms with E-state index in [1.807, 2.05) is 60.7 Å². The molecule has 9 heteroatoms. The largest absolute Gasteiger partial charge is 0.497 e. The van der Waals surface area contributed by atoms with Gasteiger partial charge in [-0.05, 0) is 58.4 Å². The van der Waals surface area contributed by atoms with E-state index in [0.717, 1.165) is 30.8 Å². The molecule has 0 spiro atoms. The third-order valence-electron chi connectivity index (χ3n) is 5.12. The van der Waals surface area contributed by atoms with Gasteiger partial charge in [0, 0.05) is 28.6 Å². The molecule has 0 saturated carbocycles. The van der Waals surface area contributed by atoms with Crippen LogP contribution in [0.25, 0.3) is 32.2 Å². The van der Waals surface area contributed by atoms with Gasteiger partial charge in [-0.2, -0.15) is 0 Å². The monoisotopic (exact) mass is 534 g/mol. The van der Waals surface area contributed by atoms with Crippen LogP contribution in [-0.4, -0.2) is 28.2 Å². The molecule has 0 aliphatic carbocycles. The predicted molar refractivity (Wildman–Crippen MR) is 136 cm³/mol. The van der Waals surface area contributed by atoms with E-state index in [2.05, 4.69) is 37.5 Å². The van der Waals surface area contributed by atoms with Crippen molar-refractivity contribution in [3.63, 3.8) is 0 Å². The molecule has 0 unspecified atom stereocenters. The fraction of sp³-hybridized carbons (Fsp3) is 0.120. The van der Waals surface area contributed by atoms with Crippen LogP contribution in [0.4, 0.5) is 5.69 Å². The van der Waals surface area contributed by atoms with Crippen LogP contribution >= 0.6 is 27.3 Å². The van der Waals surface area contributed by atoms with Crippen molar-refractivity contribution >= 4 is 49.1 Å². The number of nitrogens with one attached hydrogen (secondary N) is 1. The third-order valence-corrected chi connectivity index (χ3v) is 6.90. The summed E-state index contributed by atoms with van der Waals surface area (Å²) in [6, 6.07) is 21.2. The van der Waals surface area contributed by atoms with Crippen molar-refractivity contribution < 1.29 is 13.9 Å². The Balaban J connectivity index is 1.23. The fourth-order valence-corrected chi connectivity index (χ4v) is 4.81. The van der Waals surface area contributed by atoms with E-state index in [9.17, 15) is 4.79 Å². The number of halogens is 1. The SMILES string of the molecule is COc1ccc(Br)c(-c2nnc(CCC(=O)Nc3cccc(-c4nc5ccccc5s4)c3)o2)c1. The number of aryl methyl sites for hydroxylation is 1. The van der Waals surface area contributed by atoms with Gasteiger partial charge in [0.1, 0.15) is 10.8 Å². The first-order valence-corrected chi connectivity index (χ1v) is 12.1. The van der Waals surface area contributed by atoms with Gasteiger partial charge in [-0.1, -0.05) is 24.3 Å². The molecule has 1 N–H and O–H groups in total. The number of aromatic nitrogens is 3. The van der Waals surface area contributed by atoms with Crippen molar-refractivity contribution in [3.8, 4) is 27.8 Å². The number of ether oxygens (including phenoxy) is 1. The van der Waals surface area contributed by atoms with Gasteiger partial charge in [0.05, 0.1) is 22.9 Å². The zero-order valence-electron chi connectivity index (χ0n) is 18.1. The number of anilines is 1. The number of rotatable bonds is 7. The molecular formula is C25H19BrN4O3S. The minimum absolute atomic E-state index is 0.135. The first-order valence-electron chi connectivity index (χ1n) is 10.5. The molecule has 5 rings (SSSR count). The molecule has 0 radical (unpaired) electrons. The van der Waals surface area contributed by atoms with Gasteiger partial charge >= 0.3 is 0 Å². The average Bonchev–Trinajstić information content (AvgIpc) is 3.50. The van der Waals surface area contributed by atoms with Gasteiger partial charge < -0.3 is 14.5 Å². The summed E-state index contributed by atoms with van der Waals surface area (Å²) in [4.78, 5) is 17.2. The van der Waals surface area contributed by atoms with E-state index in [4.69, 9.17) is 14.1 Å². The predicted octanol–water partition coefficient (Wildman–Crippen LogP) is 6.36. The van der Waals surface area contributed by atoms with E-state index >= 15 is 0 Å². The maximum absolute atomic E-state index is 12.6. The number of para-hydroxylation sites is 1. The Morgan fingerprint density at radius 1 is 1.09 bits per heavy atom. The molecule has 5 aromatic rings. The summed E-state index contributed by atoms with van der Waals surface area (Å²) < 4.78 is 13.0. The maximum Gasteiger partial charge on any atom is 0.249 e. The number of thiazole rings is 1. The maximum atomic E-state index is 12.6. The zero-order chi connectivity index (χ0) is 23.5. The van der Waals surface area contributed by atoms with Crippen molar-refractivity contribution in [2.45, 2.75) is 12.8 Å². The van der Waals surface area contributed by atoms with Crippen molar-refractivity contribution in [3.05, 3.63) is 77.1 Å². The molecule has 170 valence electrons. The molecule has 0 bridgehead atoms. The minimum atomic E-state index is -0.135. The molecule has 34 heavy (non-hydrogen) atoms. The van der Waals surface area contributed by atoms with Crippen LogP contribution in [0.1, 0.15) is 12.3 Å². The Labute approximate surface area is 207 Å². The Kier molecular flexibility index (Phi) is 6.37. The second-order valence-electron chi connectivity index (χ2n) is 7.46. The number of benzene rings is 3. The van der Waals surface area contributed by atoms with Gasteiger partial charge in [0.15, 0.2) is 0 Å². The number of amides is 1. The first-order chi connectivity index (χ1) is 16.6. The van der Waals surface area contributed by atoms with E-state index in [1.165, 1.54) is 0 Å². The van der Waals surface area contributed by atoms with Crippen LogP contribution in [-0.2, 0) is 11.2 Å². The van der Waals surface area contributed by atoms with Gasteiger partial charge in [0.25, 0.3) is 0 Å². The zero-order valence-corrected chi connectivity index (χ0v) is 20.5. The molecule has 0 saturated heterocycles. The topological polar surface area (TPSA) is 90.1 Å². The smallest absolute Gasteiger partial charge is 0.249 e. The molecule has 3 aromatic carbocycles. The van der Waals surface area contributed by atoms with Crippen LogP contribution in [0.5, 0.6) is 5.75 Å². The Morgan fingerprint density at radius 2 is 1.97 bits per heavy atom. The van der Waals surface area contributed by atoms with Crippen molar-refractivity contribution in [2.75, 3.05) is 12.4 Å². The molecule has 1 amide bonds. The highest BCUT2D eigenvalue weighted by atomic mass is 79.9. The number of carbonyl (C=O) groups excluding carboxylic acids is 1. The van der Waals surface area contributed by atoms with Crippen LogP contribution in [0.2, 0.25) is 0 Å². The van der Waals surface area contributed by atoms with Crippen LogP contribution in [0.15, 0.2) is 75.6 Å². The van der Waals surface area contributed by atoms with Crippen molar-refractivity contribution in [1.29, 1.82) is 0 Å². The molecule has 0 fully saturated rings. The second kappa shape index (κ2) is 9.74. The van der Waals surface area contributed by atoms with Gasteiger partial charge in [-0.15, -0.1) is 21.5 Å². The molecule has 0 atom stereocenters.